The van der Waals surface area contributed by atoms with Gasteiger partial charge in [0.1, 0.15) is 6.61 Å². The first kappa shape index (κ1) is 31.9. The van der Waals surface area contributed by atoms with Crippen LogP contribution in [0.15, 0.2) is 48.5 Å². The van der Waals surface area contributed by atoms with Crippen LogP contribution in [0.1, 0.15) is 66.1 Å². The fourth-order valence-electron chi connectivity index (χ4n) is 7.88. The summed E-state index contributed by atoms with van der Waals surface area (Å²) in [7, 11) is 6.72. The monoisotopic (exact) mass is 629 g/mol. The molecular formula is C37H47N3O6. The summed E-state index contributed by atoms with van der Waals surface area (Å²) in [5.41, 5.74) is 12.4. The lowest BCUT2D eigenvalue weighted by molar-refractivity contribution is 0.0262. The smallest absolute Gasteiger partial charge is 0.410 e. The minimum Gasteiger partial charge on any atom is -0.493 e. The van der Waals surface area contributed by atoms with Crippen molar-refractivity contribution in [2.45, 2.75) is 57.7 Å². The topological polar surface area (TPSA) is 95.7 Å². The van der Waals surface area contributed by atoms with Crippen LogP contribution in [0.5, 0.6) is 23.0 Å². The number of ether oxygens (including phenoxy) is 5. The highest BCUT2D eigenvalue weighted by Gasteiger charge is 2.42. The van der Waals surface area contributed by atoms with Gasteiger partial charge in [0.2, 0.25) is 0 Å². The van der Waals surface area contributed by atoms with Gasteiger partial charge in [-0.25, -0.2) is 4.79 Å². The molecule has 4 unspecified atom stereocenters. The number of hydrogen-bond acceptors (Lipinski definition) is 8. The maximum atomic E-state index is 13.8. The van der Waals surface area contributed by atoms with Crippen LogP contribution in [0, 0.1) is 11.8 Å². The van der Waals surface area contributed by atoms with E-state index in [1.807, 2.05) is 29.2 Å². The first-order valence-electron chi connectivity index (χ1n) is 16.4. The number of anilines is 1. The Kier molecular flexibility index (Phi) is 9.49. The molecule has 0 aliphatic carbocycles. The van der Waals surface area contributed by atoms with Gasteiger partial charge in [-0.05, 0) is 102 Å². The molecule has 0 saturated carbocycles. The summed E-state index contributed by atoms with van der Waals surface area (Å²) in [5, 5.41) is 0. The zero-order valence-electron chi connectivity index (χ0n) is 27.7. The quantitative estimate of drug-likeness (QED) is 0.266. The highest BCUT2D eigenvalue weighted by atomic mass is 16.6. The third-order valence-electron chi connectivity index (χ3n) is 10.4. The molecular weight excluding hydrogens is 582 g/mol. The van der Waals surface area contributed by atoms with Crippen LogP contribution >= 0.6 is 0 Å². The molecule has 0 bridgehead atoms. The number of fused-ring (bicyclic) bond motifs is 4. The molecule has 0 spiro atoms. The van der Waals surface area contributed by atoms with Crippen molar-refractivity contribution < 1.29 is 28.5 Å². The first-order valence-corrected chi connectivity index (χ1v) is 16.4. The molecule has 3 heterocycles. The van der Waals surface area contributed by atoms with E-state index in [2.05, 4.69) is 36.1 Å². The summed E-state index contributed by atoms with van der Waals surface area (Å²) in [4.78, 5) is 18.4. The lowest BCUT2D eigenvalue weighted by Gasteiger charge is -2.49. The Bertz CT molecular complexity index is 1540. The van der Waals surface area contributed by atoms with Gasteiger partial charge in [-0.15, -0.1) is 0 Å². The minimum atomic E-state index is -0.299. The second kappa shape index (κ2) is 13.7. The lowest BCUT2D eigenvalue weighted by Crippen LogP contribution is -2.47. The Morgan fingerprint density at radius 3 is 2.02 bits per heavy atom. The van der Waals surface area contributed by atoms with Gasteiger partial charge in [0, 0.05) is 31.4 Å². The number of nitrogen functional groups attached to an aromatic ring is 1. The van der Waals surface area contributed by atoms with Gasteiger partial charge in [0.15, 0.2) is 23.0 Å². The molecule has 3 aliphatic rings. The first-order chi connectivity index (χ1) is 22.4. The zero-order chi connectivity index (χ0) is 32.4. The summed E-state index contributed by atoms with van der Waals surface area (Å²) in [6.45, 7) is 5.13. The Hall–Kier alpha value is -4.11. The maximum Gasteiger partial charge on any atom is 0.410 e. The van der Waals surface area contributed by atoms with Gasteiger partial charge in [-0.3, -0.25) is 4.90 Å². The predicted molar refractivity (Wildman–Crippen MR) is 178 cm³/mol. The van der Waals surface area contributed by atoms with E-state index in [1.165, 1.54) is 16.7 Å². The molecule has 1 fully saturated rings. The largest absolute Gasteiger partial charge is 0.493 e. The average molecular weight is 630 g/mol. The molecule has 4 atom stereocenters. The Morgan fingerprint density at radius 2 is 1.39 bits per heavy atom. The number of nitrogens with zero attached hydrogens (tertiary/aromatic N) is 2. The van der Waals surface area contributed by atoms with Crippen molar-refractivity contribution in [3.8, 4) is 23.0 Å². The van der Waals surface area contributed by atoms with E-state index < -0.39 is 0 Å². The highest BCUT2D eigenvalue weighted by Crippen LogP contribution is 2.49. The number of piperidine rings is 1. The summed E-state index contributed by atoms with van der Waals surface area (Å²) in [6.07, 6.45) is 4.35. The standard InChI is InChI=1S/C37H47N3O6/c1-6-24-21-39-13-11-25-17-33(42-2)35(44-4)19-29(25)31(39)15-27(24)16-32-30-20-36(45-5)34(43-3)18-26(30)12-14-40(32)37(41)46-22-23-7-9-28(38)10-8-23/h7-10,17-20,24,27,31-32H,6,11-16,21-22,38H2,1-5H3. The molecule has 2 N–H and O–H groups in total. The second-order valence-electron chi connectivity index (χ2n) is 12.7. The van der Waals surface area contributed by atoms with E-state index in [0.717, 1.165) is 67.8 Å². The average Bonchev–Trinajstić information content (AvgIpc) is 3.09. The van der Waals surface area contributed by atoms with Crippen molar-refractivity contribution in [3.05, 3.63) is 76.3 Å². The number of nitrogens with two attached hydrogens (primary N) is 1. The van der Waals surface area contributed by atoms with E-state index >= 15 is 0 Å². The summed E-state index contributed by atoms with van der Waals surface area (Å²) < 4.78 is 28.7. The highest BCUT2D eigenvalue weighted by molar-refractivity contribution is 5.69. The molecule has 9 heteroatoms. The Balaban J connectivity index is 1.32. The number of methoxy groups -OCH3 is 4. The summed E-state index contributed by atoms with van der Waals surface area (Å²) in [5.74, 6) is 3.84. The Labute approximate surface area is 272 Å². The van der Waals surface area contributed by atoms with E-state index in [9.17, 15) is 4.79 Å². The van der Waals surface area contributed by atoms with Gasteiger partial charge in [0.05, 0.1) is 34.5 Å². The van der Waals surface area contributed by atoms with Gasteiger partial charge in [0.25, 0.3) is 0 Å². The molecule has 1 saturated heterocycles. The molecule has 6 rings (SSSR count). The number of carbonyl (C=O) groups is 1. The number of benzene rings is 3. The summed E-state index contributed by atoms with van der Waals surface area (Å²) in [6, 6.07) is 16.1. The lowest BCUT2D eigenvalue weighted by atomic mass is 9.72. The van der Waals surface area contributed by atoms with Gasteiger partial charge in [-0.2, -0.15) is 0 Å². The second-order valence-corrected chi connectivity index (χ2v) is 12.7. The molecule has 1 amide bonds. The molecule has 3 aliphatic heterocycles. The maximum absolute atomic E-state index is 13.8. The van der Waals surface area contributed by atoms with E-state index in [-0.39, 0.29) is 24.8 Å². The van der Waals surface area contributed by atoms with E-state index in [4.69, 9.17) is 29.4 Å². The zero-order valence-corrected chi connectivity index (χ0v) is 27.7. The molecule has 46 heavy (non-hydrogen) atoms. The van der Waals surface area contributed by atoms with Gasteiger partial charge in [-0.1, -0.05) is 25.5 Å². The van der Waals surface area contributed by atoms with Crippen molar-refractivity contribution in [3.63, 3.8) is 0 Å². The Morgan fingerprint density at radius 1 is 0.804 bits per heavy atom. The molecule has 246 valence electrons. The van der Waals surface area contributed by atoms with Crippen LogP contribution in [0.3, 0.4) is 0 Å². The number of hydrogen-bond donors (Lipinski definition) is 1. The van der Waals surface area contributed by atoms with Gasteiger partial charge >= 0.3 is 6.09 Å². The minimum absolute atomic E-state index is 0.151. The van der Waals surface area contributed by atoms with E-state index in [1.54, 1.807) is 28.4 Å². The molecule has 3 aromatic rings. The molecule has 0 aromatic heterocycles. The SMILES string of the molecule is CCC1CN2CCc3cc(OC)c(OC)cc3C2CC1CC1c2cc(OC)c(OC)cc2CCN1C(=O)OCc1ccc(N)cc1. The summed E-state index contributed by atoms with van der Waals surface area (Å²) >= 11 is 0. The third-order valence-corrected chi connectivity index (χ3v) is 10.4. The molecule has 3 aromatic carbocycles. The van der Waals surface area contributed by atoms with Crippen molar-refractivity contribution in [1.29, 1.82) is 0 Å². The van der Waals surface area contributed by atoms with E-state index in [0.29, 0.717) is 35.6 Å². The molecule has 9 nitrogen and oxygen atoms in total. The van der Waals surface area contributed by atoms with Crippen molar-refractivity contribution in [2.75, 3.05) is 53.8 Å². The van der Waals surface area contributed by atoms with Crippen LogP contribution in [0.25, 0.3) is 0 Å². The van der Waals surface area contributed by atoms with Gasteiger partial charge < -0.3 is 34.3 Å². The number of rotatable bonds is 9. The fraction of sp³-hybridized carbons (Fsp3) is 0.486. The van der Waals surface area contributed by atoms with Crippen LogP contribution in [-0.4, -0.2) is 64.0 Å². The van der Waals surface area contributed by atoms with Crippen molar-refractivity contribution in [1.82, 2.24) is 9.80 Å². The predicted octanol–water partition coefficient (Wildman–Crippen LogP) is 6.57. The van der Waals surface area contributed by atoms with Crippen LogP contribution < -0.4 is 24.7 Å². The van der Waals surface area contributed by atoms with Crippen LogP contribution in [-0.2, 0) is 24.2 Å². The van der Waals surface area contributed by atoms with Crippen molar-refractivity contribution >= 4 is 11.8 Å². The number of carbonyl (C=O) groups excluding carboxylic acids is 1. The van der Waals surface area contributed by atoms with Crippen molar-refractivity contribution in [2.24, 2.45) is 11.8 Å². The third kappa shape index (κ3) is 6.17. The van der Waals surface area contributed by atoms with Crippen LogP contribution in [0.2, 0.25) is 0 Å². The number of amides is 1. The molecule has 0 radical (unpaired) electrons. The van der Waals surface area contributed by atoms with Crippen LogP contribution in [0.4, 0.5) is 10.5 Å². The normalized spacial score (nSPS) is 22.2. The fourth-order valence-corrected chi connectivity index (χ4v) is 7.88.